The minimum atomic E-state index is 0.448. The van der Waals surface area contributed by atoms with Crippen LogP contribution < -0.4 is 10.1 Å². The number of fused-ring (bicyclic) bond motifs is 1. The van der Waals surface area contributed by atoms with Crippen LogP contribution in [0.5, 0.6) is 5.75 Å². The zero-order valence-electron chi connectivity index (χ0n) is 12.7. The molecule has 0 saturated heterocycles. The Bertz CT molecular complexity index is 780. The summed E-state index contributed by atoms with van der Waals surface area (Å²) in [4.78, 5) is 7.83. The van der Waals surface area contributed by atoms with Crippen molar-refractivity contribution < 1.29 is 4.74 Å². The van der Waals surface area contributed by atoms with E-state index in [-0.39, 0.29) is 0 Å². The number of hydrogen-bond donors (Lipinski definition) is 2. The number of hydrogen-bond acceptors (Lipinski definition) is 3. The highest BCUT2D eigenvalue weighted by Crippen LogP contribution is 2.25. The lowest BCUT2D eigenvalue weighted by molar-refractivity contribution is 0.363. The summed E-state index contributed by atoms with van der Waals surface area (Å²) in [5.74, 6) is 1.59. The van der Waals surface area contributed by atoms with Crippen LogP contribution in [0.1, 0.15) is 11.4 Å². The van der Waals surface area contributed by atoms with Crippen LogP contribution in [0.3, 0.4) is 0 Å². The van der Waals surface area contributed by atoms with Crippen LogP contribution in [0.15, 0.2) is 55.1 Å². The van der Waals surface area contributed by atoms with E-state index < -0.39 is 0 Å². The number of nitrogens with zero attached hydrogens (tertiary/aromatic N) is 1. The number of ether oxygens (including phenoxy) is 1. The quantitative estimate of drug-likeness (QED) is 0.643. The van der Waals surface area contributed by atoms with Crippen molar-refractivity contribution >= 4 is 22.6 Å². The molecule has 0 radical (unpaired) electrons. The maximum Gasteiger partial charge on any atom is 0.138 e. The lowest BCUT2D eigenvalue weighted by Gasteiger charge is -2.08. The third kappa shape index (κ3) is 3.92. The molecule has 1 heterocycles. The fourth-order valence-electron chi connectivity index (χ4n) is 2.33. The van der Waals surface area contributed by atoms with Crippen molar-refractivity contribution in [3.8, 4) is 5.75 Å². The van der Waals surface area contributed by atoms with Gasteiger partial charge in [0.1, 0.15) is 18.2 Å². The van der Waals surface area contributed by atoms with E-state index in [4.69, 9.17) is 16.3 Å². The summed E-state index contributed by atoms with van der Waals surface area (Å²) in [5, 5.41) is 3.97. The number of aromatic nitrogens is 2. The molecule has 3 rings (SSSR count). The zero-order chi connectivity index (χ0) is 16.1. The number of halogens is 1. The molecule has 3 aromatic rings. The molecule has 2 aromatic carbocycles. The summed E-state index contributed by atoms with van der Waals surface area (Å²) in [7, 11) is 0. The Labute approximate surface area is 140 Å². The lowest BCUT2D eigenvalue weighted by Crippen LogP contribution is -2.13. The van der Waals surface area contributed by atoms with Gasteiger partial charge in [0.2, 0.25) is 0 Å². The van der Waals surface area contributed by atoms with Crippen molar-refractivity contribution in [2.75, 3.05) is 6.61 Å². The van der Waals surface area contributed by atoms with Crippen molar-refractivity contribution in [1.82, 2.24) is 15.3 Å². The highest BCUT2D eigenvalue weighted by molar-refractivity contribution is 6.32. The minimum Gasteiger partial charge on any atom is -0.488 e. The Morgan fingerprint density at radius 3 is 2.87 bits per heavy atom. The maximum absolute atomic E-state index is 6.21. The van der Waals surface area contributed by atoms with Gasteiger partial charge in [0.15, 0.2) is 0 Å². The van der Waals surface area contributed by atoms with Gasteiger partial charge < -0.3 is 15.0 Å². The molecular weight excluding hydrogens is 310 g/mol. The Kier molecular flexibility index (Phi) is 4.95. The van der Waals surface area contributed by atoms with E-state index in [1.165, 1.54) is 0 Å². The fourth-order valence-corrected chi connectivity index (χ4v) is 2.59. The molecule has 0 aliphatic heterocycles. The summed E-state index contributed by atoms with van der Waals surface area (Å²) in [6.07, 6.45) is 1.69. The van der Waals surface area contributed by atoms with Gasteiger partial charge in [-0.2, -0.15) is 0 Å². The standard InChI is InChI=1S/C18H18ClN3O/c1-2-9-23-17-8-7-13(10-14(17)19)11-20-12-18-21-15-5-3-4-6-16(15)22-18/h2-8,10,20H,1,9,11-12H2,(H,21,22). The monoisotopic (exact) mass is 327 g/mol. The van der Waals surface area contributed by atoms with Crippen LogP contribution >= 0.6 is 11.6 Å². The van der Waals surface area contributed by atoms with Crippen molar-refractivity contribution in [3.63, 3.8) is 0 Å². The summed E-state index contributed by atoms with van der Waals surface area (Å²) in [5.41, 5.74) is 3.13. The van der Waals surface area contributed by atoms with Crippen molar-refractivity contribution in [1.29, 1.82) is 0 Å². The van der Waals surface area contributed by atoms with E-state index in [9.17, 15) is 0 Å². The highest BCUT2D eigenvalue weighted by atomic mass is 35.5. The Balaban J connectivity index is 1.57. The lowest BCUT2D eigenvalue weighted by atomic mass is 10.2. The van der Waals surface area contributed by atoms with Gasteiger partial charge in [-0.05, 0) is 29.8 Å². The molecule has 2 N–H and O–H groups in total. The van der Waals surface area contributed by atoms with E-state index in [2.05, 4.69) is 21.9 Å². The molecule has 118 valence electrons. The van der Waals surface area contributed by atoms with Crippen molar-refractivity contribution in [2.24, 2.45) is 0 Å². The number of aromatic amines is 1. The molecule has 1 aromatic heterocycles. The fraction of sp³-hybridized carbons (Fsp3) is 0.167. The molecule has 0 spiro atoms. The number of nitrogens with one attached hydrogen (secondary N) is 2. The first kappa shape index (κ1) is 15.6. The minimum absolute atomic E-state index is 0.448. The second kappa shape index (κ2) is 7.31. The van der Waals surface area contributed by atoms with Gasteiger partial charge >= 0.3 is 0 Å². The van der Waals surface area contributed by atoms with Crippen molar-refractivity contribution in [2.45, 2.75) is 13.1 Å². The summed E-state index contributed by atoms with van der Waals surface area (Å²) >= 11 is 6.21. The zero-order valence-corrected chi connectivity index (χ0v) is 13.4. The normalized spacial score (nSPS) is 10.8. The van der Waals surface area contributed by atoms with Crippen LogP contribution in [-0.2, 0) is 13.1 Å². The number of benzene rings is 2. The molecule has 0 bridgehead atoms. The van der Waals surface area contributed by atoms with E-state index >= 15 is 0 Å². The van der Waals surface area contributed by atoms with Gasteiger partial charge in [-0.1, -0.05) is 42.5 Å². The predicted molar refractivity (Wildman–Crippen MR) is 93.8 cm³/mol. The number of rotatable bonds is 7. The summed E-state index contributed by atoms with van der Waals surface area (Å²) in [6, 6.07) is 13.8. The van der Waals surface area contributed by atoms with Gasteiger partial charge in [-0.25, -0.2) is 4.98 Å². The molecule has 23 heavy (non-hydrogen) atoms. The first-order valence-corrected chi connectivity index (χ1v) is 7.80. The van der Waals surface area contributed by atoms with E-state index in [0.29, 0.717) is 30.5 Å². The Morgan fingerprint density at radius 2 is 2.09 bits per heavy atom. The molecule has 0 amide bonds. The van der Waals surface area contributed by atoms with Gasteiger partial charge in [0.05, 0.1) is 22.6 Å². The van der Waals surface area contributed by atoms with Crippen LogP contribution in [0.25, 0.3) is 11.0 Å². The van der Waals surface area contributed by atoms with Crippen molar-refractivity contribution in [3.05, 3.63) is 71.5 Å². The second-order valence-electron chi connectivity index (χ2n) is 5.17. The molecular formula is C18H18ClN3O. The Hall–Kier alpha value is -2.30. The van der Waals surface area contributed by atoms with Gasteiger partial charge in [-0.15, -0.1) is 0 Å². The smallest absolute Gasteiger partial charge is 0.138 e. The first-order chi connectivity index (χ1) is 11.3. The van der Waals surface area contributed by atoms with Gasteiger partial charge in [0, 0.05) is 6.54 Å². The summed E-state index contributed by atoms with van der Waals surface area (Å²) < 4.78 is 5.46. The van der Waals surface area contributed by atoms with E-state index in [1.807, 2.05) is 42.5 Å². The Morgan fingerprint density at radius 1 is 1.22 bits per heavy atom. The molecule has 0 aliphatic rings. The summed E-state index contributed by atoms with van der Waals surface area (Å²) in [6.45, 7) is 5.44. The van der Waals surface area contributed by atoms with Crippen LogP contribution in [0, 0.1) is 0 Å². The van der Waals surface area contributed by atoms with Gasteiger partial charge in [0.25, 0.3) is 0 Å². The largest absolute Gasteiger partial charge is 0.488 e. The molecule has 4 nitrogen and oxygen atoms in total. The molecule has 0 atom stereocenters. The maximum atomic E-state index is 6.21. The topological polar surface area (TPSA) is 49.9 Å². The van der Waals surface area contributed by atoms with E-state index in [0.717, 1.165) is 22.4 Å². The third-order valence-corrected chi connectivity index (χ3v) is 3.71. The van der Waals surface area contributed by atoms with Gasteiger partial charge in [-0.3, -0.25) is 0 Å². The third-order valence-electron chi connectivity index (χ3n) is 3.41. The second-order valence-corrected chi connectivity index (χ2v) is 5.58. The average Bonchev–Trinajstić information content (AvgIpc) is 2.97. The molecule has 0 unspecified atom stereocenters. The molecule has 0 saturated carbocycles. The molecule has 0 aliphatic carbocycles. The van der Waals surface area contributed by atoms with E-state index in [1.54, 1.807) is 6.08 Å². The SMILES string of the molecule is C=CCOc1ccc(CNCc2nc3ccccc3[nH]2)cc1Cl. The molecule has 0 fully saturated rings. The van der Waals surface area contributed by atoms with Crippen LogP contribution in [0.4, 0.5) is 0 Å². The number of H-pyrrole nitrogens is 1. The molecule has 5 heteroatoms. The predicted octanol–water partition coefficient (Wildman–Crippen LogP) is 4.07. The van der Waals surface area contributed by atoms with Crippen LogP contribution in [0.2, 0.25) is 5.02 Å². The first-order valence-electron chi connectivity index (χ1n) is 7.43. The number of para-hydroxylation sites is 2. The number of imidazole rings is 1. The van der Waals surface area contributed by atoms with Crippen LogP contribution in [-0.4, -0.2) is 16.6 Å². The highest BCUT2D eigenvalue weighted by Gasteiger charge is 2.04. The average molecular weight is 328 g/mol.